The van der Waals surface area contributed by atoms with Gasteiger partial charge in [0.1, 0.15) is 11.6 Å². The molecule has 2 aromatic carbocycles. The number of ether oxygens (including phenoxy) is 2. The van der Waals surface area contributed by atoms with E-state index >= 15 is 0 Å². The van der Waals surface area contributed by atoms with E-state index < -0.39 is 18.5 Å². The van der Waals surface area contributed by atoms with Crippen LogP contribution in [0.1, 0.15) is 32.9 Å². The highest BCUT2D eigenvalue weighted by Crippen LogP contribution is 2.20. The molecule has 1 heterocycles. The Morgan fingerprint density at radius 3 is 2.44 bits per heavy atom. The summed E-state index contributed by atoms with van der Waals surface area (Å²) < 4.78 is 12.2. The van der Waals surface area contributed by atoms with Crippen molar-refractivity contribution in [2.24, 2.45) is 0 Å². The number of hydrogen-bond acceptors (Lipinski definition) is 6. The predicted octanol–water partition coefficient (Wildman–Crippen LogP) is 4.07. The van der Waals surface area contributed by atoms with Crippen molar-refractivity contribution in [3.05, 3.63) is 94.3 Å². The molecule has 0 aliphatic heterocycles. The topological polar surface area (TPSA) is 110 Å². The fourth-order valence-electron chi connectivity index (χ4n) is 3.72. The van der Waals surface area contributed by atoms with Crippen molar-refractivity contribution in [1.82, 2.24) is 4.57 Å². The summed E-state index contributed by atoms with van der Waals surface area (Å²) in [4.78, 5) is 37.8. The van der Waals surface area contributed by atoms with E-state index in [1.807, 2.05) is 36.6 Å². The second kappa shape index (κ2) is 12.3. The smallest absolute Gasteiger partial charge is 0.349 e. The lowest BCUT2D eigenvalue weighted by molar-refractivity contribution is -0.142. The molecule has 3 aromatic rings. The van der Waals surface area contributed by atoms with E-state index in [9.17, 15) is 19.6 Å². The number of aromatic nitrogens is 1. The molecule has 1 amide bonds. The van der Waals surface area contributed by atoms with Crippen molar-refractivity contribution in [1.29, 1.82) is 5.26 Å². The number of aryl methyl sites for hydroxylation is 1. The number of hydrogen-bond donors (Lipinski definition) is 1. The van der Waals surface area contributed by atoms with E-state index in [2.05, 4.69) is 5.32 Å². The summed E-state index contributed by atoms with van der Waals surface area (Å²) in [5, 5.41) is 12.1. The van der Waals surface area contributed by atoms with Crippen LogP contribution in [-0.2, 0) is 25.6 Å². The molecule has 8 nitrogen and oxygen atoms in total. The first-order valence-electron chi connectivity index (χ1n) is 11.3. The third-order valence-electron chi connectivity index (χ3n) is 5.59. The molecule has 0 bridgehead atoms. The van der Waals surface area contributed by atoms with E-state index in [0.717, 1.165) is 11.4 Å². The molecule has 1 N–H and O–H groups in total. The van der Waals surface area contributed by atoms with Gasteiger partial charge in [-0.15, -0.1) is 0 Å². The maximum absolute atomic E-state index is 12.8. The Kier molecular flexibility index (Phi) is 8.92. The molecule has 0 atom stereocenters. The fraction of sp³-hybridized carbons (Fsp3) is 0.214. The average molecular weight is 486 g/mol. The van der Waals surface area contributed by atoms with Crippen LogP contribution < -0.4 is 5.32 Å². The Hall–Kier alpha value is -4.48. The minimum absolute atomic E-state index is 0.227. The monoisotopic (exact) mass is 485 g/mol. The standard InChI is InChI=1S/C28H27N3O5/c1-19-15-22(20(2)31(19)13-14-35-3)16-23(17-29)28(34)36-18-26(32)30-25-12-8-7-11-24(25)27(33)21-9-5-4-6-10-21/h4-12,15-16H,13-14,18H2,1-3H3,(H,30,32)/b23-16+. The molecule has 0 saturated carbocycles. The minimum atomic E-state index is -0.914. The summed E-state index contributed by atoms with van der Waals surface area (Å²) in [5.74, 6) is -1.80. The first kappa shape index (κ1) is 26.1. The van der Waals surface area contributed by atoms with Gasteiger partial charge >= 0.3 is 5.97 Å². The minimum Gasteiger partial charge on any atom is -0.451 e. The number of benzene rings is 2. The molecule has 8 heteroatoms. The van der Waals surface area contributed by atoms with Gasteiger partial charge in [0.2, 0.25) is 0 Å². The molecular formula is C28H27N3O5. The fourth-order valence-corrected chi connectivity index (χ4v) is 3.72. The van der Waals surface area contributed by atoms with Gasteiger partial charge in [-0.05, 0) is 43.7 Å². The van der Waals surface area contributed by atoms with Crippen LogP contribution >= 0.6 is 0 Å². The Labute approximate surface area is 209 Å². The SMILES string of the molecule is COCCn1c(C)cc(/C=C(\C#N)C(=O)OCC(=O)Nc2ccccc2C(=O)c2ccccc2)c1C. The third-order valence-corrected chi connectivity index (χ3v) is 5.59. The van der Waals surface area contributed by atoms with Gasteiger partial charge in [0.05, 0.1) is 12.3 Å². The summed E-state index contributed by atoms with van der Waals surface area (Å²) in [5.41, 5.74) is 3.41. The van der Waals surface area contributed by atoms with Crippen LogP contribution in [0.4, 0.5) is 5.69 Å². The van der Waals surface area contributed by atoms with Gasteiger partial charge in [-0.1, -0.05) is 42.5 Å². The number of nitrogens with zero attached hydrogens (tertiary/aromatic N) is 2. The van der Waals surface area contributed by atoms with Crippen LogP contribution in [0, 0.1) is 25.2 Å². The largest absolute Gasteiger partial charge is 0.451 e. The third kappa shape index (κ3) is 6.34. The molecule has 0 unspecified atom stereocenters. The van der Waals surface area contributed by atoms with Gasteiger partial charge in [-0.3, -0.25) is 9.59 Å². The quantitative estimate of drug-likeness (QED) is 0.201. The van der Waals surface area contributed by atoms with Crippen LogP contribution in [0.5, 0.6) is 0 Å². The number of carbonyl (C=O) groups excluding carboxylic acids is 3. The summed E-state index contributed by atoms with van der Waals surface area (Å²) in [7, 11) is 1.62. The zero-order valence-electron chi connectivity index (χ0n) is 20.4. The predicted molar refractivity (Wildman–Crippen MR) is 135 cm³/mol. The molecule has 0 aliphatic rings. The summed E-state index contributed by atoms with van der Waals surface area (Å²) in [6, 6.07) is 19.0. The Balaban J connectivity index is 1.67. The van der Waals surface area contributed by atoms with Gasteiger partial charge in [-0.25, -0.2) is 4.79 Å². The molecular weight excluding hydrogens is 458 g/mol. The first-order chi connectivity index (χ1) is 17.3. The number of nitrogens with one attached hydrogen (secondary N) is 1. The molecule has 3 rings (SSSR count). The number of ketones is 1. The van der Waals surface area contributed by atoms with Crippen LogP contribution in [0.25, 0.3) is 6.08 Å². The average Bonchev–Trinajstić information content (AvgIpc) is 3.16. The molecule has 36 heavy (non-hydrogen) atoms. The number of amides is 1. The number of esters is 1. The van der Waals surface area contributed by atoms with E-state index in [0.29, 0.717) is 35.5 Å². The Bertz CT molecular complexity index is 1330. The number of nitriles is 1. The van der Waals surface area contributed by atoms with E-state index in [4.69, 9.17) is 9.47 Å². The maximum Gasteiger partial charge on any atom is 0.349 e. The normalized spacial score (nSPS) is 11.0. The van der Waals surface area contributed by atoms with Gasteiger partial charge in [0.15, 0.2) is 12.4 Å². The Morgan fingerprint density at radius 2 is 1.75 bits per heavy atom. The van der Waals surface area contributed by atoms with Crippen LogP contribution in [-0.4, -0.2) is 42.6 Å². The van der Waals surface area contributed by atoms with Crippen molar-refractivity contribution in [3.8, 4) is 6.07 Å². The summed E-state index contributed by atoms with van der Waals surface area (Å²) in [6.07, 6.45) is 1.44. The van der Waals surface area contributed by atoms with Gasteiger partial charge < -0.3 is 19.4 Å². The Morgan fingerprint density at radius 1 is 1.06 bits per heavy atom. The van der Waals surface area contributed by atoms with Crippen LogP contribution in [0.2, 0.25) is 0 Å². The van der Waals surface area contributed by atoms with E-state index in [1.165, 1.54) is 6.08 Å². The molecule has 0 aliphatic carbocycles. The lowest BCUT2D eigenvalue weighted by Crippen LogP contribution is -2.22. The van der Waals surface area contributed by atoms with Crippen molar-refractivity contribution in [3.63, 3.8) is 0 Å². The van der Waals surface area contributed by atoms with Crippen molar-refractivity contribution >= 4 is 29.4 Å². The highest BCUT2D eigenvalue weighted by Gasteiger charge is 2.18. The lowest BCUT2D eigenvalue weighted by Gasteiger charge is -2.11. The van der Waals surface area contributed by atoms with Gasteiger partial charge in [-0.2, -0.15) is 5.26 Å². The molecule has 0 spiro atoms. The van der Waals surface area contributed by atoms with Crippen LogP contribution in [0.3, 0.4) is 0 Å². The first-order valence-corrected chi connectivity index (χ1v) is 11.3. The summed E-state index contributed by atoms with van der Waals surface area (Å²) in [6.45, 7) is 4.37. The molecule has 0 fully saturated rings. The van der Waals surface area contributed by atoms with Gasteiger partial charge in [0.25, 0.3) is 5.91 Å². The maximum atomic E-state index is 12.8. The second-order valence-corrected chi connectivity index (χ2v) is 8.01. The van der Waals surface area contributed by atoms with Crippen molar-refractivity contribution < 1.29 is 23.9 Å². The summed E-state index contributed by atoms with van der Waals surface area (Å²) >= 11 is 0. The molecule has 184 valence electrons. The van der Waals surface area contributed by atoms with E-state index in [1.54, 1.807) is 55.6 Å². The highest BCUT2D eigenvalue weighted by atomic mass is 16.5. The van der Waals surface area contributed by atoms with E-state index in [-0.39, 0.29) is 11.4 Å². The van der Waals surface area contributed by atoms with Crippen molar-refractivity contribution in [2.45, 2.75) is 20.4 Å². The molecule has 0 radical (unpaired) electrons. The molecule has 0 saturated heterocycles. The number of para-hydroxylation sites is 1. The number of anilines is 1. The zero-order valence-corrected chi connectivity index (χ0v) is 20.4. The van der Waals surface area contributed by atoms with Gasteiger partial charge in [0, 0.05) is 36.2 Å². The van der Waals surface area contributed by atoms with Crippen LogP contribution in [0.15, 0.2) is 66.2 Å². The second-order valence-electron chi connectivity index (χ2n) is 8.01. The van der Waals surface area contributed by atoms with Crippen molar-refractivity contribution in [2.75, 3.05) is 25.6 Å². The number of methoxy groups -OCH3 is 1. The molecule has 1 aromatic heterocycles. The number of rotatable bonds is 10. The number of carbonyl (C=O) groups is 3. The zero-order chi connectivity index (χ0) is 26.1. The lowest BCUT2D eigenvalue weighted by atomic mass is 10.0. The highest BCUT2D eigenvalue weighted by molar-refractivity contribution is 6.14.